The van der Waals surface area contributed by atoms with Gasteiger partial charge < -0.3 is 15.4 Å². The fourth-order valence-electron chi connectivity index (χ4n) is 4.82. The zero-order chi connectivity index (χ0) is 23.8. The van der Waals surface area contributed by atoms with Gasteiger partial charge in [-0.25, -0.2) is 13.2 Å². The fraction of sp³-hybridized carbons (Fsp3) is 0.591. The highest BCUT2D eigenvalue weighted by molar-refractivity contribution is 7.89. The molecule has 10 nitrogen and oxygen atoms in total. The number of morpholine rings is 1. The third-order valence-corrected chi connectivity index (χ3v) is 8.27. The van der Waals surface area contributed by atoms with E-state index in [4.69, 9.17) is 4.74 Å². The van der Waals surface area contributed by atoms with E-state index in [1.807, 2.05) is 13.8 Å². The van der Waals surface area contributed by atoms with Crippen molar-refractivity contribution in [1.29, 1.82) is 0 Å². The number of amides is 4. The van der Waals surface area contributed by atoms with Gasteiger partial charge in [0, 0.05) is 31.7 Å². The van der Waals surface area contributed by atoms with Crippen molar-refractivity contribution in [3.63, 3.8) is 0 Å². The first kappa shape index (κ1) is 23.7. The van der Waals surface area contributed by atoms with Gasteiger partial charge in [-0.2, -0.15) is 4.31 Å². The van der Waals surface area contributed by atoms with Crippen LogP contribution in [0.2, 0.25) is 0 Å². The maximum atomic E-state index is 12.9. The molecule has 2 aliphatic heterocycles. The minimum absolute atomic E-state index is 0.00187. The first-order valence-electron chi connectivity index (χ1n) is 11.3. The SMILES string of the molecule is C[C@@H]1CN(S(=O)(=O)c2ccc(NC(=O)CCN3C(=O)NC4(CCCC4)C3=O)cc2)C[C@H](C)O1. The number of imide groups is 1. The number of carbonyl (C=O) groups is 3. The smallest absolute Gasteiger partial charge is 0.325 e. The average Bonchev–Trinajstić information content (AvgIpc) is 3.31. The van der Waals surface area contributed by atoms with Crippen molar-refractivity contribution in [2.75, 3.05) is 25.0 Å². The monoisotopic (exact) mass is 478 g/mol. The Morgan fingerprint density at radius 2 is 1.73 bits per heavy atom. The Kier molecular flexibility index (Phi) is 6.47. The summed E-state index contributed by atoms with van der Waals surface area (Å²) in [4.78, 5) is 38.5. The van der Waals surface area contributed by atoms with Crippen LogP contribution in [-0.4, -0.2) is 72.8 Å². The van der Waals surface area contributed by atoms with Crippen LogP contribution in [0.15, 0.2) is 29.2 Å². The fourth-order valence-corrected chi connectivity index (χ4v) is 6.41. The first-order valence-corrected chi connectivity index (χ1v) is 12.7. The van der Waals surface area contributed by atoms with Crippen LogP contribution in [-0.2, 0) is 24.3 Å². The van der Waals surface area contributed by atoms with Crippen LogP contribution < -0.4 is 10.6 Å². The number of sulfonamides is 1. The Labute approximate surface area is 193 Å². The molecule has 0 aromatic heterocycles. The van der Waals surface area contributed by atoms with Crippen LogP contribution in [0.1, 0.15) is 46.0 Å². The van der Waals surface area contributed by atoms with E-state index in [0.717, 1.165) is 17.7 Å². The Bertz CT molecular complexity index is 1030. The molecule has 2 saturated heterocycles. The molecule has 1 aromatic rings. The molecular formula is C22H30N4O6S. The molecule has 0 bridgehead atoms. The van der Waals surface area contributed by atoms with E-state index in [0.29, 0.717) is 18.5 Å². The van der Waals surface area contributed by atoms with Crippen molar-refractivity contribution >= 4 is 33.6 Å². The van der Waals surface area contributed by atoms with E-state index in [1.165, 1.54) is 28.6 Å². The summed E-state index contributed by atoms with van der Waals surface area (Å²) >= 11 is 0. The van der Waals surface area contributed by atoms with E-state index in [2.05, 4.69) is 10.6 Å². The van der Waals surface area contributed by atoms with Crippen LogP contribution in [0.3, 0.4) is 0 Å². The molecule has 0 radical (unpaired) electrons. The van der Waals surface area contributed by atoms with Gasteiger partial charge in [0.15, 0.2) is 0 Å². The topological polar surface area (TPSA) is 125 Å². The molecule has 2 heterocycles. The number of carbonyl (C=O) groups excluding carboxylic acids is 3. The summed E-state index contributed by atoms with van der Waals surface area (Å²) in [5, 5.41) is 5.48. The predicted octanol–water partition coefficient (Wildman–Crippen LogP) is 1.68. The number of benzene rings is 1. The lowest BCUT2D eigenvalue weighted by Gasteiger charge is -2.34. The van der Waals surface area contributed by atoms with Gasteiger partial charge in [-0.05, 0) is 51.0 Å². The molecule has 1 aliphatic carbocycles. The van der Waals surface area contributed by atoms with Gasteiger partial charge in [0.25, 0.3) is 5.91 Å². The minimum Gasteiger partial charge on any atom is -0.373 e. The van der Waals surface area contributed by atoms with E-state index in [1.54, 1.807) is 0 Å². The largest absolute Gasteiger partial charge is 0.373 e. The quantitative estimate of drug-likeness (QED) is 0.600. The van der Waals surface area contributed by atoms with Gasteiger partial charge in [0.1, 0.15) is 5.54 Å². The molecule has 0 unspecified atom stereocenters. The van der Waals surface area contributed by atoms with E-state index >= 15 is 0 Å². The number of urea groups is 1. The van der Waals surface area contributed by atoms with Crippen molar-refractivity contribution in [1.82, 2.24) is 14.5 Å². The summed E-state index contributed by atoms with van der Waals surface area (Å²) in [6.45, 7) is 4.25. The maximum Gasteiger partial charge on any atom is 0.325 e. The molecule has 1 spiro atoms. The van der Waals surface area contributed by atoms with Gasteiger partial charge in [0.2, 0.25) is 15.9 Å². The van der Waals surface area contributed by atoms with Crippen molar-refractivity contribution in [3.05, 3.63) is 24.3 Å². The second-order valence-corrected chi connectivity index (χ2v) is 11.0. The average molecular weight is 479 g/mol. The summed E-state index contributed by atoms with van der Waals surface area (Å²) in [7, 11) is -3.67. The van der Waals surface area contributed by atoms with Crippen molar-refractivity contribution in [2.24, 2.45) is 0 Å². The first-order chi connectivity index (χ1) is 15.6. The normalized spacial score (nSPS) is 25.5. The predicted molar refractivity (Wildman–Crippen MR) is 120 cm³/mol. The standard InChI is InChI=1S/C22H30N4O6S/c1-15-13-25(14-16(2)32-15)33(30,31)18-7-5-17(6-8-18)23-19(27)9-12-26-20(28)22(24-21(26)29)10-3-4-11-22/h5-8,15-16H,3-4,9-14H2,1-2H3,(H,23,27)(H,24,29)/t15-,16+. The Balaban J connectivity index is 1.33. The Morgan fingerprint density at radius 3 is 2.33 bits per heavy atom. The summed E-state index contributed by atoms with van der Waals surface area (Å²) in [6.07, 6.45) is 2.66. The molecule has 180 valence electrons. The summed E-state index contributed by atoms with van der Waals surface area (Å²) in [6, 6.07) is 5.52. The minimum atomic E-state index is -3.67. The highest BCUT2D eigenvalue weighted by Crippen LogP contribution is 2.35. The molecule has 2 atom stereocenters. The molecule has 3 fully saturated rings. The van der Waals surface area contributed by atoms with Gasteiger partial charge >= 0.3 is 6.03 Å². The molecule has 1 aromatic carbocycles. The molecule has 2 N–H and O–H groups in total. The van der Waals surface area contributed by atoms with Gasteiger partial charge in [-0.15, -0.1) is 0 Å². The van der Waals surface area contributed by atoms with Gasteiger partial charge in [0.05, 0.1) is 17.1 Å². The van der Waals surface area contributed by atoms with E-state index < -0.39 is 21.6 Å². The highest BCUT2D eigenvalue weighted by Gasteiger charge is 2.52. The second-order valence-electron chi connectivity index (χ2n) is 9.08. The third-order valence-electron chi connectivity index (χ3n) is 6.43. The highest BCUT2D eigenvalue weighted by atomic mass is 32.2. The van der Waals surface area contributed by atoms with Crippen LogP contribution in [0, 0.1) is 0 Å². The van der Waals surface area contributed by atoms with Crippen molar-refractivity contribution < 1.29 is 27.5 Å². The maximum absolute atomic E-state index is 12.9. The van der Waals surface area contributed by atoms with Gasteiger partial charge in [-0.1, -0.05) is 12.8 Å². The number of hydrogen-bond acceptors (Lipinski definition) is 6. The number of anilines is 1. The summed E-state index contributed by atoms with van der Waals surface area (Å²) in [5.74, 6) is -0.617. The van der Waals surface area contributed by atoms with Crippen molar-refractivity contribution in [2.45, 2.75) is 68.6 Å². The lowest BCUT2D eigenvalue weighted by molar-refractivity contribution is -0.131. The summed E-state index contributed by atoms with van der Waals surface area (Å²) < 4.78 is 32.9. The molecule has 4 amide bonds. The van der Waals surface area contributed by atoms with Gasteiger partial charge in [-0.3, -0.25) is 14.5 Å². The number of rotatable bonds is 6. The molecule has 1 saturated carbocycles. The van der Waals surface area contributed by atoms with Crippen LogP contribution in [0.5, 0.6) is 0 Å². The zero-order valence-electron chi connectivity index (χ0n) is 18.9. The molecule has 4 rings (SSSR count). The van der Waals surface area contributed by atoms with Crippen LogP contribution in [0.25, 0.3) is 0 Å². The van der Waals surface area contributed by atoms with Crippen molar-refractivity contribution in [3.8, 4) is 0 Å². The second kappa shape index (κ2) is 9.03. The molecular weight excluding hydrogens is 448 g/mol. The number of nitrogens with one attached hydrogen (secondary N) is 2. The number of ether oxygens (including phenoxy) is 1. The summed E-state index contributed by atoms with van der Waals surface area (Å²) in [5.41, 5.74) is -0.350. The number of hydrogen-bond donors (Lipinski definition) is 2. The molecule has 11 heteroatoms. The Morgan fingerprint density at radius 1 is 1.12 bits per heavy atom. The lowest BCUT2D eigenvalue weighted by Crippen LogP contribution is -2.48. The number of nitrogens with zero attached hydrogens (tertiary/aromatic N) is 2. The zero-order valence-corrected chi connectivity index (χ0v) is 19.7. The van der Waals surface area contributed by atoms with E-state index in [-0.39, 0.29) is 55.0 Å². The molecule has 3 aliphatic rings. The van der Waals surface area contributed by atoms with Crippen LogP contribution in [0.4, 0.5) is 10.5 Å². The lowest BCUT2D eigenvalue weighted by atomic mass is 9.98. The Hall–Kier alpha value is -2.50. The molecule has 33 heavy (non-hydrogen) atoms. The van der Waals surface area contributed by atoms with Crippen LogP contribution >= 0.6 is 0 Å². The third kappa shape index (κ3) is 4.75. The van der Waals surface area contributed by atoms with E-state index in [9.17, 15) is 22.8 Å².